The summed E-state index contributed by atoms with van der Waals surface area (Å²) < 4.78 is 11.4. The molecule has 2 aromatic rings. The molecule has 1 atom stereocenters. The van der Waals surface area contributed by atoms with Crippen LogP contribution in [0.25, 0.3) is 10.9 Å². The molecule has 4 heteroatoms. The molecule has 0 radical (unpaired) electrons. The molecule has 1 aromatic carbocycles. The summed E-state index contributed by atoms with van der Waals surface area (Å²) in [5.41, 5.74) is 3.26. The van der Waals surface area contributed by atoms with E-state index in [9.17, 15) is 0 Å². The van der Waals surface area contributed by atoms with Gasteiger partial charge in [-0.2, -0.15) is 0 Å². The maximum atomic E-state index is 5.75. The number of nitrogens with one attached hydrogen (secondary N) is 1. The molecule has 1 N–H and O–H groups in total. The highest BCUT2D eigenvalue weighted by molar-refractivity contribution is 5.80. The molecule has 122 valence electrons. The number of hydrogen-bond donors (Lipinski definition) is 1. The number of nitrogens with zero attached hydrogens (tertiary/aromatic N) is 1. The molecule has 0 aliphatic carbocycles. The predicted octanol–water partition coefficient (Wildman–Crippen LogP) is 3.38. The van der Waals surface area contributed by atoms with Crippen LogP contribution in [0.4, 0.5) is 0 Å². The van der Waals surface area contributed by atoms with Crippen LogP contribution < -0.4 is 10.1 Å². The highest BCUT2D eigenvalue weighted by Crippen LogP contribution is 2.23. The van der Waals surface area contributed by atoms with Crippen molar-refractivity contribution >= 4 is 10.9 Å². The molecule has 1 fully saturated rings. The van der Waals surface area contributed by atoms with E-state index < -0.39 is 0 Å². The molecule has 0 bridgehead atoms. The average Bonchev–Trinajstić information content (AvgIpc) is 3.06. The van der Waals surface area contributed by atoms with Gasteiger partial charge in [-0.1, -0.05) is 24.3 Å². The number of ether oxygens (including phenoxy) is 2. The lowest BCUT2D eigenvalue weighted by Gasteiger charge is -2.14. The van der Waals surface area contributed by atoms with Crippen LogP contribution in [0.2, 0.25) is 0 Å². The minimum atomic E-state index is 0.336. The molecular formula is C19H24N2O2. The second-order valence-corrected chi connectivity index (χ2v) is 6.01. The van der Waals surface area contributed by atoms with E-state index in [2.05, 4.69) is 42.0 Å². The van der Waals surface area contributed by atoms with Gasteiger partial charge in [0.1, 0.15) is 6.61 Å². The lowest BCUT2D eigenvalue weighted by Crippen LogP contribution is -2.26. The standard InChI is InChI=1S/C19H24N2O2/c1-3-8-23-19-16(12-20-13-17-5-4-9-22-17)11-15-10-14(2)6-7-18(15)21-19/h3,6-7,10-11,17,20H,1,4-5,8-9,12-13H2,2H3. The molecule has 1 unspecified atom stereocenters. The van der Waals surface area contributed by atoms with Crippen molar-refractivity contribution in [3.63, 3.8) is 0 Å². The van der Waals surface area contributed by atoms with Gasteiger partial charge >= 0.3 is 0 Å². The fourth-order valence-corrected chi connectivity index (χ4v) is 2.88. The van der Waals surface area contributed by atoms with E-state index in [1.165, 1.54) is 5.56 Å². The van der Waals surface area contributed by atoms with Gasteiger partial charge in [0.2, 0.25) is 5.88 Å². The van der Waals surface area contributed by atoms with E-state index >= 15 is 0 Å². The lowest BCUT2D eigenvalue weighted by atomic mass is 10.1. The predicted molar refractivity (Wildman–Crippen MR) is 92.9 cm³/mol. The normalized spacial score (nSPS) is 17.5. The summed E-state index contributed by atoms with van der Waals surface area (Å²) in [6.45, 7) is 8.74. The van der Waals surface area contributed by atoms with Crippen molar-refractivity contribution in [1.29, 1.82) is 0 Å². The smallest absolute Gasteiger partial charge is 0.218 e. The fraction of sp³-hybridized carbons (Fsp3) is 0.421. The minimum Gasteiger partial charge on any atom is -0.473 e. The molecule has 1 aromatic heterocycles. The second kappa shape index (κ2) is 7.57. The van der Waals surface area contributed by atoms with Crippen LogP contribution in [0.1, 0.15) is 24.0 Å². The zero-order valence-corrected chi connectivity index (χ0v) is 13.7. The van der Waals surface area contributed by atoms with Crippen LogP contribution in [0.3, 0.4) is 0 Å². The SMILES string of the molecule is C=CCOc1nc2ccc(C)cc2cc1CNCC1CCCO1. The van der Waals surface area contributed by atoms with E-state index in [0.717, 1.165) is 49.0 Å². The van der Waals surface area contributed by atoms with Crippen LogP contribution in [0, 0.1) is 6.92 Å². The van der Waals surface area contributed by atoms with Gasteiger partial charge < -0.3 is 14.8 Å². The Labute approximate surface area is 137 Å². The molecule has 0 saturated carbocycles. The summed E-state index contributed by atoms with van der Waals surface area (Å²) in [7, 11) is 0. The highest BCUT2D eigenvalue weighted by Gasteiger charge is 2.15. The van der Waals surface area contributed by atoms with E-state index in [1.54, 1.807) is 6.08 Å². The molecule has 1 aliphatic heterocycles. The Morgan fingerprint density at radius 1 is 1.43 bits per heavy atom. The Morgan fingerprint density at radius 3 is 3.13 bits per heavy atom. The Kier molecular flexibility index (Phi) is 5.26. The first kappa shape index (κ1) is 16.0. The largest absolute Gasteiger partial charge is 0.473 e. The van der Waals surface area contributed by atoms with Crippen molar-refractivity contribution in [2.45, 2.75) is 32.4 Å². The summed E-state index contributed by atoms with van der Waals surface area (Å²) in [6.07, 6.45) is 4.38. The number of aromatic nitrogens is 1. The quantitative estimate of drug-likeness (QED) is 0.796. The molecule has 23 heavy (non-hydrogen) atoms. The van der Waals surface area contributed by atoms with Gasteiger partial charge in [-0.15, -0.1) is 0 Å². The molecule has 2 heterocycles. The number of fused-ring (bicyclic) bond motifs is 1. The first-order valence-electron chi connectivity index (χ1n) is 8.22. The van der Waals surface area contributed by atoms with Gasteiger partial charge in [-0.25, -0.2) is 4.98 Å². The molecule has 3 rings (SSSR count). The third-order valence-corrected chi connectivity index (χ3v) is 4.06. The summed E-state index contributed by atoms with van der Waals surface area (Å²) in [5.74, 6) is 0.682. The summed E-state index contributed by atoms with van der Waals surface area (Å²) >= 11 is 0. The van der Waals surface area contributed by atoms with Crippen LogP contribution in [0.15, 0.2) is 36.9 Å². The van der Waals surface area contributed by atoms with Crippen molar-refractivity contribution < 1.29 is 9.47 Å². The average molecular weight is 312 g/mol. The molecule has 4 nitrogen and oxygen atoms in total. The van der Waals surface area contributed by atoms with Crippen LogP contribution in [-0.4, -0.2) is 30.8 Å². The first-order chi connectivity index (χ1) is 11.3. The van der Waals surface area contributed by atoms with Gasteiger partial charge in [0.15, 0.2) is 0 Å². The van der Waals surface area contributed by atoms with E-state index in [-0.39, 0.29) is 0 Å². The van der Waals surface area contributed by atoms with Gasteiger partial charge in [0.25, 0.3) is 0 Å². The Bertz CT molecular complexity index is 678. The monoisotopic (exact) mass is 312 g/mol. The van der Waals surface area contributed by atoms with Crippen LogP contribution >= 0.6 is 0 Å². The van der Waals surface area contributed by atoms with Crippen LogP contribution in [0.5, 0.6) is 5.88 Å². The van der Waals surface area contributed by atoms with Gasteiger partial charge in [-0.3, -0.25) is 0 Å². The fourth-order valence-electron chi connectivity index (χ4n) is 2.88. The number of benzene rings is 1. The zero-order valence-electron chi connectivity index (χ0n) is 13.7. The highest BCUT2D eigenvalue weighted by atomic mass is 16.5. The summed E-state index contributed by atoms with van der Waals surface area (Å²) in [5, 5.41) is 4.61. The van der Waals surface area contributed by atoms with E-state index in [4.69, 9.17) is 9.47 Å². The summed E-state index contributed by atoms with van der Waals surface area (Å²) in [6, 6.07) is 8.43. The molecule has 1 aliphatic rings. The van der Waals surface area contributed by atoms with Crippen molar-refractivity contribution in [1.82, 2.24) is 10.3 Å². The van der Waals surface area contributed by atoms with Crippen LogP contribution in [-0.2, 0) is 11.3 Å². The molecule has 0 spiro atoms. The number of pyridine rings is 1. The third-order valence-electron chi connectivity index (χ3n) is 4.06. The van der Waals surface area contributed by atoms with Gasteiger partial charge in [0.05, 0.1) is 11.6 Å². The molecule has 0 amide bonds. The lowest BCUT2D eigenvalue weighted by molar-refractivity contribution is 0.110. The van der Waals surface area contributed by atoms with Crippen molar-refractivity contribution in [3.8, 4) is 5.88 Å². The minimum absolute atomic E-state index is 0.336. The zero-order chi connectivity index (χ0) is 16.1. The topological polar surface area (TPSA) is 43.4 Å². The van der Waals surface area contributed by atoms with Gasteiger partial charge in [-0.05, 0) is 38.0 Å². The number of aryl methyl sites for hydroxylation is 1. The third kappa shape index (κ3) is 4.09. The van der Waals surface area contributed by atoms with E-state index in [1.807, 2.05) is 6.07 Å². The Morgan fingerprint density at radius 2 is 2.35 bits per heavy atom. The maximum Gasteiger partial charge on any atom is 0.218 e. The molecular weight excluding hydrogens is 288 g/mol. The van der Waals surface area contributed by atoms with Crippen molar-refractivity contribution in [2.75, 3.05) is 19.8 Å². The summed E-state index contributed by atoms with van der Waals surface area (Å²) in [4.78, 5) is 4.66. The van der Waals surface area contributed by atoms with Crippen molar-refractivity contribution in [2.24, 2.45) is 0 Å². The maximum absolute atomic E-state index is 5.75. The van der Waals surface area contributed by atoms with Crippen molar-refractivity contribution in [3.05, 3.63) is 48.0 Å². The Hall–Kier alpha value is -1.91. The molecule has 1 saturated heterocycles. The number of hydrogen-bond acceptors (Lipinski definition) is 4. The second-order valence-electron chi connectivity index (χ2n) is 6.01. The number of rotatable bonds is 7. The van der Waals surface area contributed by atoms with E-state index in [0.29, 0.717) is 18.6 Å². The first-order valence-corrected chi connectivity index (χ1v) is 8.22. The Balaban J connectivity index is 1.77. The van der Waals surface area contributed by atoms with Gasteiger partial charge in [0, 0.05) is 30.6 Å².